The van der Waals surface area contributed by atoms with E-state index in [9.17, 15) is 0 Å². The molecule has 5 heteroatoms. The monoisotopic (exact) mass is 1140 g/mol. The minimum Gasteiger partial charge on any atom is -0.334 e. The lowest BCUT2D eigenvalue weighted by Crippen LogP contribution is -2.62. The van der Waals surface area contributed by atoms with Crippen molar-refractivity contribution in [2.24, 2.45) is 0 Å². The molecule has 1 fully saturated rings. The lowest BCUT2D eigenvalue weighted by molar-refractivity contribution is 0.195. The largest absolute Gasteiger partial charge is 0.334 e. The van der Waals surface area contributed by atoms with Crippen LogP contribution in [0.1, 0.15) is 176 Å². The molecule has 9 aromatic rings. The van der Waals surface area contributed by atoms with E-state index in [0.29, 0.717) is 0 Å². The number of rotatable bonds is 7. The van der Waals surface area contributed by atoms with Crippen LogP contribution in [0.2, 0.25) is 0 Å². The Morgan fingerprint density at radius 3 is 1.55 bits per heavy atom. The Labute approximate surface area is 521 Å². The Morgan fingerprint density at radius 1 is 0.379 bits per heavy atom. The predicted molar refractivity (Wildman–Crippen MR) is 375 cm³/mol. The van der Waals surface area contributed by atoms with Gasteiger partial charge in [0, 0.05) is 67.9 Å². The van der Waals surface area contributed by atoms with Crippen molar-refractivity contribution in [3.63, 3.8) is 0 Å². The SMILES string of the molecule is CC(C)(C)c1cccc(N2c3cc(C(C)(C)C)ccc3B3c4cc5c(cc4N(c4ccc(C(C)(C)C)cc4-c4ccccc4)c4cc(N6c7ccc(N(c8ccccc8)c8ccccc8)cc7C7(C)CCCCC67C)cc2c43)C(C)(C)CCC5(C)C)c1. The van der Waals surface area contributed by atoms with Gasteiger partial charge in [-0.3, -0.25) is 0 Å². The van der Waals surface area contributed by atoms with Crippen LogP contribution in [0.5, 0.6) is 0 Å². The van der Waals surface area contributed by atoms with Crippen LogP contribution in [-0.2, 0) is 32.5 Å². The van der Waals surface area contributed by atoms with E-state index in [4.69, 9.17) is 0 Å². The zero-order valence-electron chi connectivity index (χ0n) is 54.6. The molecule has 3 heterocycles. The van der Waals surface area contributed by atoms with E-state index in [0.717, 1.165) is 37.1 Å². The fourth-order valence-electron chi connectivity index (χ4n) is 16.2. The molecule has 0 radical (unpaired) electrons. The predicted octanol–water partition coefficient (Wildman–Crippen LogP) is 20.9. The molecule has 0 amide bonds. The van der Waals surface area contributed by atoms with Gasteiger partial charge in [-0.2, -0.15) is 0 Å². The van der Waals surface area contributed by atoms with E-state index < -0.39 is 0 Å². The zero-order valence-corrected chi connectivity index (χ0v) is 54.6. The van der Waals surface area contributed by atoms with Gasteiger partial charge in [0.2, 0.25) is 0 Å². The molecule has 87 heavy (non-hydrogen) atoms. The Hall–Kier alpha value is -7.76. The number of fused-ring (bicyclic) bond motifs is 8. The van der Waals surface area contributed by atoms with Gasteiger partial charge >= 0.3 is 0 Å². The van der Waals surface area contributed by atoms with Crippen molar-refractivity contribution in [2.45, 2.75) is 180 Å². The summed E-state index contributed by atoms with van der Waals surface area (Å²) in [5.41, 5.74) is 27.8. The van der Waals surface area contributed by atoms with Gasteiger partial charge in [-0.15, -0.1) is 0 Å². The number of hydrogen-bond acceptors (Lipinski definition) is 4. The third-order valence-electron chi connectivity index (χ3n) is 21.7. The normalized spacial score (nSPS) is 19.8. The number of hydrogen-bond donors (Lipinski definition) is 0. The van der Waals surface area contributed by atoms with Gasteiger partial charge < -0.3 is 19.6 Å². The Kier molecular flexibility index (Phi) is 13.0. The molecular weight excluding hydrogens is 1050 g/mol. The third kappa shape index (κ3) is 9.05. The van der Waals surface area contributed by atoms with Crippen molar-refractivity contribution in [3.05, 3.63) is 228 Å². The summed E-state index contributed by atoms with van der Waals surface area (Å²) < 4.78 is 0. The molecule has 0 saturated heterocycles. The standard InChI is InChI=1S/C82H89BN4/c1-76(2,3)55-30-27-35-60(46-55)85-71-48-57(78(7,8)9)36-39-67(71)83-68-52-64-65(80(12,13)45-44-79(64,10)11)53-72(68)86(69-40-37-56(77(4,5)6)47-63(69)54-28-19-16-20-29-54)74-51-62(50-73(85)75(74)83)87-70-41-38-61(49-66(70)81(14)42-25-26-43-82(81,87)15)84(58-31-21-17-22-32-58)59-33-23-18-24-34-59/h16-24,27-41,46-53H,25-26,42-45H2,1-15H3. The highest BCUT2D eigenvalue weighted by Crippen LogP contribution is 2.63. The van der Waals surface area contributed by atoms with Crippen LogP contribution in [0.15, 0.2) is 194 Å². The minimum absolute atomic E-state index is 0.00141. The first-order valence-electron chi connectivity index (χ1n) is 32.5. The first-order chi connectivity index (χ1) is 41.3. The smallest absolute Gasteiger partial charge is 0.252 e. The maximum absolute atomic E-state index is 2.85. The second kappa shape index (κ2) is 19.9. The summed E-state index contributed by atoms with van der Waals surface area (Å²) in [4.78, 5) is 10.8. The van der Waals surface area contributed by atoms with E-state index in [1.54, 1.807) is 0 Å². The Bertz CT molecular complexity index is 4140. The van der Waals surface area contributed by atoms with E-state index in [1.165, 1.54) is 125 Å². The minimum atomic E-state index is -0.254. The van der Waals surface area contributed by atoms with Crippen molar-refractivity contribution in [1.29, 1.82) is 0 Å². The van der Waals surface area contributed by atoms with Crippen LogP contribution >= 0.6 is 0 Å². The zero-order chi connectivity index (χ0) is 61.0. The summed E-state index contributed by atoms with van der Waals surface area (Å²) in [7, 11) is 0. The molecule has 14 rings (SSSR count). The Balaban J connectivity index is 1.12. The second-order valence-electron chi connectivity index (χ2n) is 31.3. The van der Waals surface area contributed by atoms with Crippen LogP contribution in [0.25, 0.3) is 11.1 Å². The average Bonchev–Trinajstić information content (AvgIpc) is 1.03. The van der Waals surface area contributed by atoms with Gasteiger partial charge in [-0.25, -0.2) is 0 Å². The molecule has 0 bridgehead atoms. The first-order valence-corrected chi connectivity index (χ1v) is 32.5. The van der Waals surface area contributed by atoms with Gasteiger partial charge in [0.05, 0.1) is 11.2 Å². The lowest BCUT2D eigenvalue weighted by Gasteiger charge is -2.51. The van der Waals surface area contributed by atoms with Gasteiger partial charge in [-0.1, -0.05) is 213 Å². The van der Waals surface area contributed by atoms with Crippen molar-refractivity contribution in [2.75, 3.05) is 19.6 Å². The summed E-state index contributed by atoms with van der Waals surface area (Å²) in [6.45, 7) is 36.5. The van der Waals surface area contributed by atoms with Crippen LogP contribution in [0.3, 0.4) is 0 Å². The number of anilines is 11. The van der Waals surface area contributed by atoms with Gasteiger partial charge in [-0.05, 0) is 206 Å². The molecule has 5 aliphatic rings. The fourth-order valence-corrected chi connectivity index (χ4v) is 16.2. The van der Waals surface area contributed by atoms with Gasteiger partial charge in [0.1, 0.15) is 0 Å². The van der Waals surface area contributed by atoms with Crippen LogP contribution in [-0.4, -0.2) is 12.3 Å². The molecule has 2 aliphatic carbocycles. The van der Waals surface area contributed by atoms with Crippen molar-refractivity contribution < 1.29 is 0 Å². The molecular formula is C82H89BN4. The van der Waals surface area contributed by atoms with Crippen molar-refractivity contribution in [1.82, 2.24) is 0 Å². The van der Waals surface area contributed by atoms with Gasteiger partial charge in [0.15, 0.2) is 0 Å². The summed E-state index contributed by atoms with van der Waals surface area (Å²) >= 11 is 0. The lowest BCUT2D eigenvalue weighted by atomic mass is 9.33. The molecule has 0 aromatic heterocycles. The molecule has 2 atom stereocenters. The maximum atomic E-state index is 2.85. The van der Waals surface area contributed by atoms with Crippen LogP contribution in [0, 0.1) is 0 Å². The molecule has 0 N–H and O–H groups in total. The highest BCUT2D eigenvalue weighted by molar-refractivity contribution is 7.00. The maximum Gasteiger partial charge on any atom is 0.252 e. The fraction of sp³-hybridized carbons (Fsp3) is 0.341. The number of benzene rings is 9. The molecule has 1 saturated carbocycles. The second-order valence-corrected chi connectivity index (χ2v) is 31.3. The summed E-state index contributed by atoms with van der Waals surface area (Å²) in [6, 6.07) is 75.8. The summed E-state index contributed by atoms with van der Waals surface area (Å²) in [5, 5.41) is 0. The van der Waals surface area contributed by atoms with Crippen LogP contribution in [0.4, 0.5) is 62.6 Å². The Morgan fingerprint density at radius 2 is 0.920 bits per heavy atom. The molecule has 2 unspecified atom stereocenters. The van der Waals surface area contributed by atoms with E-state index >= 15 is 0 Å². The van der Waals surface area contributed by atoms with Gasteiger partial charge in [0.25, 0.3) is 6.71 Å². The topological polar surface area (TPSA) is 13.0 Å². The summed E-state index contributed by atoms with van der Waals surface area (Å²) in [6.07, 6.45) is 6.84. The van der Waals surface area contributed by atoms with Crippen LogP contribution < -0.4 is 36.0 Å². The van der Waals surface area contributed by atoms with E-state index in [-0.39, 0.29) is 44.7 Å². The molecule has 440 valence electrons. The number of nitrogens with zero attached hydrogens (tertiary/aromatic N) is 4. The van der Waals surface area contributed by atoms with E-state index in [2.05, 4.69) is 318 Å². The molecule has 3 aliphatic heterocycles. The number of para-hydroxylation sites is 2. The average molecular weight is 1140 g/mol. The molecule has 4 nitrogen and oxygen atoms in total. The summed E-state index contributed by atoms with van der Waals surface area (Å²) in [5.74, 6) is 0. The van der Waals surface area contributed by atoms with Crippen molar-refractivity contribution in [3.8, 4) is 11.1 Å². The molecule has 9 aromatic carbocycles. The molecule has 0 spiro atoms. The highest BCUT2D eigenvalue weighted by atomic mass is 15.3. The third-order valence-corrected chi connectivity index (χ3v) is 21.7. The quantitative estimate of drug-likeness (QED) is 0.147. The van der Waals surface area contributed by atoms with E-state index in [1.807, 2.05) is 0 Å². The first kappa shape index (κ1) is 57.0. The van der Waals surface area contributed by atoms with Crippen molar-refractivity contribution >= 4 is 85.7 Å². The highest BCUT2D eigenvalue weighted by Gasteiger charge is 2.59.